The predicted molar refractivity (Wildman–Crippen MR) is 130 cm³/mol. The molecule has 0 atom stereocenters. The van der Waals surface area contributed by atoms with Crippen LogP contribution in [0.5, 0.6) is 11.5 Å². The van der Waals surface area contributed by atoms with E-state index in [4.69, 9.17) is 9.47 Å². The minimum atomic E-state index is -3.68. The minimum absolute atomic E-state index is 0.0383. The Morgan fingerprint density at radius 2 is 1.65 bits per heavy atom. The number of carbonyl (C=O) groups excluding carboxylic acids is 1. The lowest BCUT2D eigenvalue weighted by molar-refractivity contribution is -0.131. The molecule has 188 valence electrons. The summed E-state index contributed by atoms with van der Waals surface area (Å²) < 4.78 is 41.2. The van der Waals surface area contributed by atoms with E-state index in [1.54, 1.807) is 23.4 Å². The highest BCUT2D eigenvalue weighted by Gasteiger charge is 2.34. The van der Waals surface area contributed by atoms with E-state index in [9.17, 15) is 13.2 Å². The van der Waals surface area contributed by atoms with Crippen molar-refractivity contribution in [1.29, 1.82) is 0 Å². The molecule has 1 saturated heterocycles. The van der Waals surface area contributed by atoms with Crippen LogP contribution in [0.15, 0.2) is 23.1 Å². The van der Waals surface area contributed by atoms with Crippen molar-refractivity contribution in [3.05, 3.63) is 35.2 Å². The molecule has 0 N–H and O–H groups in total. The molecule has 0 aliphatic carbocycles. The normalized spacial score (nSPS) is 15.1. The maximum absolute atomic E-state index is 13.4. The third-order valence-corrected chi connectivity index (χ3v) is 8.05. The zero-order valence-corrected chi connectivity index (χ0v) is 21.8. The number of hydrogen-bond acceptors (Lipinski definition) is 6. The first-order valence-electron chi connectivity index (χ1n) is 11.8. The van der Waals surface area contributed by atoms with Crippen LogP contribution >= 0.6 is 0 Å². The van der Waals surface area contributed by atoms with Gasteiger partial charge < -0.3 is 14.4 Å². The fourth-order valence-electron chi connectivity index (χ4n) is 4.32. The van der Waals surface area contributed by atoms with Gasteiger partial charge in [-0.25, -0.2) is 8.42 Å². The molecule has 1 aromatic carbocycles. The van der Waals surface area contributed by atoms with Crippen molar-refractivity contribution in [1.82, 2.24) is 19.0 Å². The molecule has 1 aromatic heterocycles. The standard InChI is InChI=1S/C24H36N4O5S/c1-7-32-21-10-9-20(15-22(21)33-8-2)16-23(29)26-11-13-27(14-12-26)34(30,31)24-18(5)25-28(17(3)4)19(24)6/h9-10,15,17H,7-8,11-14,16H2,1-6H3. The van der Waals surface area contributed by atoms with Crippen LogP contribution in [0.4, 0.5) is 0 Å². The topological polar surface area (TPSA) is 94.0 Å². The van der Waals surface area contributed by atoms with Gasteiger partial charge in [-0.3, -0.25) is 9.48 Å². The van der Waals surface area contributed by atoms with Crippen molar-refractivity contribution >= 4 is 15.9 Å². The van der Waals surface area contributed by atoms with Gasteiger partial charge in [-0.1, -0.05) is 6.07 Å². The molecule has 0 saturated carbocycles. The van der Waals surface area contributed by atoms with Crippen LogP contribution in [-0.2, 0) is 21.2 Å². The molecule has 1 aliphatic heterocycles. The van der Waals surface area contributed by atoms with E-state index in [0.717, 1.165) is 5.56 Å². The van der Waals surface area contributed by atoms with Gasteiger partial charge in [-0.05, 0) is 59.2 Å². The molecular formula is C24H36N4O5S. The molecule has 2 heterocycles. The van der Waals surface area contributed by atoms with Crippen LogP contribution < -0.4 is 9.47 Å². The van der Waals surface area contributed by atoms with Crippen LogP contribution in [-0.4, -0.2) is 72.7 Å². The number of amides is 1. The van der Waals surface area contributed by atoms with E-state index in [0.29, 0.717) is 49.2 Å². The number of nitrogens with zero attached hydrogens (tertiary/aromatic N) is 4. The maximum Gasteiger partial charge on any atom is 0.246 e. The summed E-state index contributed by atoms with van der Waals surface area (Å²) in [5.41, 5.74) is 1.98. The lowest BCUT2D eigenvalue weighted by atomic mass is 10.1. The summed E-state index contributed by atoms with van der Waals surface area (Å²) in [5, 5.41) is 4.43. The molecule has 1 fully saturated rings. The number of hydrogen-bond donors (Lipinski definition) is 0. The number of aryl methyl sites for hydroxylation is 1. The second kappa shape index (κ2) is 10.8. The Kier molecular flexibility index (Phi) is 8.25. The predicted octanol–water partition coefficient (Wildman–Crippen LogP) is 2.95. The highest BCUT2D eigenvalue weighted by molar-refractivity contribution is 7.89. The Labute approximate surface area is 202 Å². The fourth-order valence-corrected chi connectivity index (χ4v) is 6.11. The molecule has 0 radical (unpaired) electrons. The molecule has 3 rings (SSSR count). The van der Waals surface area contributed by atoms with Crippen LogP contribution in [0.25, 0.3) is 0 Å². The number of sulfonamides is 1. The summed E-state index contributed by atoms with van der Waals surface area (Å²) in [6.07, 6.45) is 0.221. The molecule has 0 unspecified atom stereocenters. The van der Waals surface area contributed by atoms with Gasteiger partial charge in [0.2, 0.25) is 15.9 Å². The first-order valence-corrected chi connectivity index (χ1v) is 13.3. The summed E-state index contributed by atoms with van der Waals surface area (Å²) in [7, 11) is -3.68. The molecular weight excluding hydrogens is 456 g/mol. The molecule has 1 aliphatic rings. The minimum Gasteiger partial charge on any atom is -0.490 e. The van der Waals surface area contributed by atoms with Gasteiger partial charge >= 0.3 is 0 Å². The summed E-state index contributed by atoms with van der Waals surface area (Å²) in [6, 6.07) is 5.60. The van der Waals surface area contributed by atoms with Crippen LogP contribution in [0, 0.1) is 13.8 Å². The number of rotatable bonds is 9. The Morgan fingerprint density at radius 1 is 1.03 bits per heavy atom. The van der Waals surface area contributed by atoms with Crippen molar-refractivity contribution in [2.45, 2.75) is 58.9 Å². The number of carbonyl (C=O) groups is 1. The molecule has 0 spiro atoms. The van der Waals surface area contributed by atoms with E-state index < -0.39 is 10.0 Å². The Hall–Kier alpha value is -2.59. The Balaban J connectivity index is 1.67. The Morgan fingerprint density at radius 3 is 2.21 bits per heavy atom. The number of aromatic nitrogens is 2. The molecule has 0 bridgehead atoms. The third-order valence-electron chi connectivity index (χ3n) is 5.90. The van der Waals surface area contributed by atoms with Crippen molar-refractivity contribution < 1.29 is 22.7 Å². The second-order valence-electron chi connectivity index (χ2n) is 8.65. The van der Waals surface area contributed by atoms with Crippen molar-refractivity contribution in [3.63, 3.8) is 0 Å². The van der Waals surface area contributed by atoms with E-state index in [1.165, 1.54) is 4.31 Å². The summed E-state index contributed by atoms with van der Waals surface area (Å²) in [4.78, 5) is 14.9. The molecule has 10 heteroatoms. The zero-order chi connectivity index (χ0) is 25.0. The highest BCUT2D eigenvalue weighted by atomic mass is 32.2. The maximum atomic E-state index is 13.4. The van der Waals surface area contributed by atoms with Gasteiger partial charge in [-0.15, -0.1) is 0 Å². The van der Waals surface area contributed by atoms with Crippen LogP contribution in [0.3, 0.4) is 0 Å². The van der Waals surface area contributed by atoms with E-state index in [-0.39, 0.29) is 36.4 Å². The van der Waals surface area contributed by atoms with Crippen molar-refractivity contribution in [2.24, 2.45) is 0 Å². The monoisotopic (exact) mass is 492 g/mol. The van der Waals surface area contributed by atoms with E-state index >= 15 is 0 Å². The van der Waals surface area contributed by atoms with Crippen LogP contribution in [0.1, 0.15) is 50.7 Å². The van der Waals surface area contributed by atoms with Gasteiger partial charge in [0.1, 0.15) is 4.90 Å². The van der Waals surface area contributed by atoms with Crippen molar-refractivity contribution in [3.8, 4) is 11.5 Å². The van der Waals surface area contributed by atoms with Gasteiger partial charge in [0.15, 0.2) is 11.5 Å². The van der Waals surface area contributed by atoms with E-state index in [1.807, 2.05) is 45.9 Å². The highest BCUT2D eigenvalue weighted by Crippen LogP contribution is 2.29. The number of benzene rings is 1. The van der Waals surface area contributed by atoms with Crippen molar-refractivity contribution in [2.75, 3.05) is 39.4 Å². The fraction of sp³-hybridized carbons (Fsp3) is 0.583. The molecule has 9 nitrogen and oxygen atoms in total. The number of piperazine rings is 1. The SMILES string of the molecule is CCOc1ccc(CC(=O)N2CCN(S(=O)(=O)c3c(C)nn(C(C)C)c3C)CC2)cc1OCC. The van der Waals surface area contributed by atoms with E-state index in [2.05, 4.69) is 5.10 Å². The Bertz CT molecular complexity index is 1120. The summed E-state index contributed by atoms with van der Waals surface area (Å²) >= 11 is 0. The zero-order valence-electron chi connectivity index (χ0n) is 21.0. The molecule has 2 aromatic rings. The second-order valence-corrected chi connectivity index (χ2v) is 10.5. The van der Waals surface area contributed by atoms with Gasteiger partial charge in [0.05, 0.1) is 31.0 Å². The first kappa shape index (κ1) is 26.0. The van der Waals surface area contributed by atoms with Gasteiger partial charge in [-0.2, -0.15) is 9.40 Å². The third kappa shape index (κ3) is 5.38. The lowest BCUT2D eigenvalue weighted by Crippen LogP contribution is -2.51. The quantitative estimate of drug-likeness (QED) is 0.534. The molecule has 34 heavy (non-hydrogen) atoms. The smallest absolute Gasteiger partial charge is 0.246 e. The average molecular weight is 493 g/mol. The van der Waals surface area contributed by atoms with Gasteiger partial charge in [0.25, 0.3) is 0 Å². The summed E-state index contributed by atoms with van der Waals surface area (Å²) in [6.45, 7) is 13.5. The summed E-state index contributed by atoms with van der Waals surface area (Å²) in [5.74, 6) is 1.24. The average Bonchev–Trinajstić information content (AvgIpc) is 3.10. The van der Waals surface area contributed by atoms with Crippen LogP contribution in [0.2, 0.25) is 0 Å². The number of ether oxygens (including phenoxy) is 2. The lowest BCUT2D eigenvalue weighted by Gasteiger charge is -2.34. The first-order chi connectivity index (χ1) is 16.1. The molecule has 1 amide bonds. The largest absolute Gasteiger partial charge is 0.490 e. The van der Waals surface area contributed by atoms with Gasteiger partial charge in [0, 0.05) is 32.2 Å².